The number of anilines is 3. The molecule has 8 nitrogen and oxygen atoms in total. The lowest BCUT2D eigenvalue weighted by Crippen LogP contribution is -2.22. The number of hydrogen-bond acceptors (Lipinski definition) is 6. The average molecular weight is 485 g/mol. The van der Waals surface area contributed by atoms with Gasteiger partial charge in [-0.25, -0.2) is 4.79 Å². The second-order valence-corrected chi connectivity index (χ2v) is 7.19. The van der Waals surface area contributed by atoms with Crippen LogP contribution in [0.15, 0.2) is 66.7 Å². The summed E-state index contributed by atoms with van der Waals surface area (Å²) in [7, 11) is 0. The Balaban J connectivity index is 0.000000429. The molecule has 0 bridgehead atoms. The van der Waals surface area contributed by atoms with Crippen molar-refractivity contribution in [1.82, 2.24) is 0 Å². The Hall–Kier alpha value is -4.51. The van der Waals surface area contributed by atoms with Gasteiger partial charge in [-0.1, -0.05) is 36.4 Å². The third-order valence-electron chi connectivity index (χ3n) is 4.83. The molecule has 0 aromatic heterocycles. The van der Waals surface area contributed by atoms with Crippen LogP contribution in [0.1, 0.15) is 31.8 Å². The number of aliphatic carboxylic acids is 1. The minimum atomic E-state index is -5.08. The van der Waals surface area contributed by atoms with E-state index < -0.39 is 12.1 Å². The number of carboxylic acid groups (broad SMARTS) is 1. The Kier molecular flexibility index (Phi) is 7.31. The van der Waals surface area contributed by atoms with Gasteiger partial charge in [-0.2, -0.15) is 13.2 Å². The Morgan fingerprint density at radius 2 is 1.31 bits per heavy atom. The molecule has 0 fully saturated rings. The molecule has 0 aliphatic heterocycles. The highest BCUT2D eigenvalue weighted by Gasteiger charge is 2.38. The van der Waals surface area contributed by atoms with Crippen LogP contribution in [0.5, 0.6) is 0 Å². The number of rotatable bonds is 4. The fourth-order valence-electron chi connectivity index (χ4n) is 3.25. The monoisotopic (exact) mass is 485 g/mol. The van der Waals surface area contributed by atoms with Gasteiger partial charge in [-0.3, -0.25) is 14.4 Å². The zero-order chi connectivity index (χ0) is 25.8. The maximum atomic E-state index is 13.0. The first kappa shape index (κ1) is 25.1. The van der Waals surface area contributed by atoms with Crippen molar-refractivity contribution in [3.63, 3.8) is 0 Å². The standard InChI is InChI=1S/C22H17N3O3.C2HF3O2/c23-12-19(26)25-14-10-8-13(9-11-14)24-18-7-3-6-17-20(18)22(28)16-5-2-1-4-15(16)21(17)27;3-2(4,5)1(6)7/h1-11,24H,12,23H2,(H,25,26);(H,6,7). The number of ketones is 2. The van der Waals surface area contributed by atoms with Crippen LogP contribution in [0.25, 0.3) is 0 Å². The fourth-order valence-corrected chi connectivity index (χ4v) is 3.25. The molecule has 3 aromatic carbocycles. The van der Waals surface area contributed by atoms with Crippen molar-refractivity contribution >= 4 is 40.5 Å². The molecular formula is C24H18F3N3O5. The van der Waals surface area contributed by atoms with Gasteiger partial charge in [0.25, 0.3) is 0 Å². The summed E-state index contributed by atoms with van der Waals surface area (Å²) >= 11 is 0. The molecule has 0 heterocycles. The molecule has 11 heteroatoms. The van der Waals surface area contributed by atoms with Crippen molar-refractivity contribution in [1.29, 1.82) is 0 Å². The van der Waals surface area contributed by atoms with Gasteiger partial charge >= 0.3 is 12.1 Å². The van der Waals surface area contributed by atoms with Gasteiger partial charge in [0.1, 0.15) is 0 Å². The topological polar surface area (TPSA) is 139 Å². The molecular weight excluding hydrogens is 467 g/mol. The van der Waals surface area contributed by atoms with Crippen LogP contribution in [-0.4, -0.2) is 41.3 Å². The first-order valence-corrected chi connectivity index (χ1v) is 10.0. The molecule has 0 saturated carbocycles. The van der Waals surface area contributed by atoms with Gasteiger partial charge in [0, 0.05) is 28.1 Å². The fraction of sp³-hybridized carbons (Fsp3) is 0.0833. The number of carboxylic acids is 1. The van der Waals surface area contributed by atoms with Crippen molar-refractivity contribution < 1.29 is 37.5 Å². The maximum Gasteiger partial charge on any atom is 0.490 e. The minimum absolute atomic E-state index is 0.0895. The van der Waals surface area contributed by atoms with E-state index in [0.717, 1.165) is 5.69 Å². The van der Waals surface area contributed by atoms with Crippen LogP contribution in [-0.2, 0) is 9.59 Å². The number of fused-ring (bicyclic) bond motifs is 2. The quantitative estimate of drug-likeness (QED) is 0.345. The Morgan fingerprint density at radius 3 is 1.86 bits per heavy atom. The van der Waals surface area contributed by atoms with Gasteiger partial charge in [0.2, 0.25) is 5.91 Å². The summed E-state index contributed by atoms with van der Waals surface area (Å²) in [6.45, 7) is -0.0895. The predicted octanol–water partition coefficient (Wildman–Crippen LogP) is 3.74. The number of carbonyl (C=O) groups excluding carboxylic acids is 3. The van der Waals surface area contributed by atoms with E-state index >= 15 is 0 Å². The molecule has 1 aliphatic rings. The summed E-state index contributed by atoms with van der Waals surface area (Å²) in [4.78, 5) is 46.1. The SMILES string of the molecule is NCC(=O)Nc1ccc(Nc2cccc3c2C(=O)c2ccccc2C3=O)cc1.O=C(O)C(F)(F)F. The van der Waals surface area contributed by atoms with Crippen LogP contribution in [0.2, 0.25) is 0 Å². The van der Waals surface area contributed by atoms with Crippen molar-refractivity contribution in [3.05, 3.63) is 89.0 Å². The smallest absolute Gasteiger partial charge is 0.475 e. The van der Waals surface area contributed by atoms with Crippen molar-refractivity contribution in [3.8, 4) is 0 Å². The normalized spacial score (nSPS) is 12.0. The zero-order valence-electron chi connectivity index (χ0n) is 17.8. The first-order chi connectivity index (χ1) is 16.5. The van der Waals surface area contributed by atoms with Gasteiger partial charge in [0.05, 0.1) is 17.8 Å². The van der Waals surface area contributed by atoms with Crippen molar-refractivity contribution in [2.45, 2.75) is 6.18 Å². The largest absolute Gasteiger partial charge is 0.490 e. The van der Waals surface area contributed by atoms with Crippen molar-refractivity contribution in [2.75, 3.05) is 17.2 Å². The van der Waals surface area contributed by atoms with Crippen molar-refractivity contribution in [2.24, 2.45) is 5.73 Å². The second-order valence-electron chi connectivity index (χ2n) is 7.19. The molecule has 1 aliphatic carbocycles. The van der Waals surface area contributed by atoms with Crippen LogP contribution in [0.3, 0.4) is 0 Å². The van der Waals surface area contributed by atoms with Crippen LogP contribution in [0, 0.1) is 0 Å². The summed E-state index contributed by atoms with van der Waals surface area (Å²) < 4.78 is 31.7. The summed E-state index contributed by atoms with van der Waals surface area (Å²) in [5.74, 6) is -3.37. The number of amides is 1. The number of halogens is 3. The summed E-state index contributed by atoms with van der Waals surface area (Å²) in [6, 6.07) is 19.0. The van der Waals surface area contributed by atoms with Crippen LogP contribution in [0.4, 0.5) is 30.2 Å². The highest BCUT2D eigenvalue weighted by atomic mass is 19.4. The number of alkyl halides is 3. The van der Waals surface area contributed by atoms with E-state index in [9.17, 15) is 27.6 Å². The molecule has 4 rings (SSSR count). The average Bonchev–Trinajstić information content (AvgIpc) is 2.83. The first-order valence-electron chi connectivity index (χ1n) is 10.0. The van der Waals surface area contributed by atoms with E-state index in [4.69, 9.17) is 15.6 Å². The summed E-state index contributed by atoms with van der Waals surface area (Å²) in [5, 5.41) is 13.0. The molecule has 180 valence electrons. The molecule has 0 unspecified atom stereocenters. The minimum Gasteiger partial charge on any atom is -0.475 e. The third-order valence-corrected chi connectivity index (χ3v) is 4.83. The molecule has 35 heavy (non-hydrogen) atoms. The second kappa shape index (κ2) is 10.2. The summed E-state index contributed by atoms with van der Waals surface area (Å²) in [5.41, 5.74) is 8.79. The molecule has 5 N–H and O–H groups in total. The molecule has 0 saturated heterocycles. The molecule has 0 radical (unpaired) electrons. The Labute approximate surface area is 196 Å². The van der Waals surface area contributed by atoms with E-state index in [0.29, 0.717) is 33.6 Å². The van der Waals surface area contributed by atoms with Crippen LogP contribution < -0.4 is 16.4 Å². The van der Waals surface area contributed by atoms with Crippen LogP contribution >= 0.6 is 0 Å². The molecule has 0 atom stereocenters. The van der Waals surface area contributed by atoms with Gasteiger partial charge < -0.3 is 21.5 Å². The lowest BCUT2D eigenvalue weighted by atomic mass is 9.83. The van der Waals surface area contributed by atoms with E-state index in [1.54, 1.807) is 66.7 Å². The Morgan fingerprint density at radius 1 is 0.800 bits per heavy atom. The third kappa shape index (κ3) is 5.71. The number of benzene rings is 3. The van der Waals surface area contributed by atoms with E-state index in [1.807, 2.05) is 0 Å². The molecule has 3 aromatic rings. The highest BCUT2D eigenvalue weighted by molar-refractivity contribution is 6.30. The predicted molar refractivity (Wildman–Crippen MR) is 121 cm³/mol. The van der Waals surface area contributed by atoms with Gasteiger partial charge in [-0.15, -0.1) is 0 Å². The highest BCUT2D eigenvalue weighted by Crippen LogP contribution is 2.33. The maximum absolute atomic E-state index is 13.0. The number of nitrogens with two attached hydrogens (primary N) is 1. The number of hydrogen-bond donors (Lipinski definition) is 4. The van der Waals surface area contributed by atoms with Gasteiger partial charge in [0.15, 0.2) is 11.6 Å². The lowest BCUT2D eigenvalue weighted by molar-refractivity contribution is -0.192. The van der Waals surface area contributed by atoms with E-state index in [2.05, 4.69) is 10.6 Å². The summed E-state index contributed by atoms with van der Waals surface area (Å²) in [6.07, 6.45) is -5.08. The lowest BCUT2D eigenvalue weighted by Gasteiger charge is -2.20. The number of carbonyl (C=O) groups is 4. The Bertz CT molecular complexity index is 1300. The molecule has 1 amide bonds. The molecule has 0 spiro atoms. The zero-order valence-corrected chi connectivity index (χ0v) is 17.8. The number of nitrogens with one attached hydrogen (secondary N) is 2. The van der Waals surface area contributed by atoms with E-state index in [1.165, 1.54) is 0 Å². The van der Waals surface area contributed by atoms with E-state index in [-0.39, 0.29) is 24.0 Å². The van der Waals surface area contributed by atoms with Gasteiger partial charge in [-0.05, 0) is 30.3 Å².